The van der Waals surface area contributed by atoms with E-state index in [1.807, 2.05) is 50.2 Å². The van der Waals surface area contributed by atoms with Gasteiger partial charge in [-0.15, -0.1) is 0 Å². The number of carbonyl (C=O) groups is 4. The third-order valence-electron chi connectivity index (χ3n) is 6.68. The summed E-state index contributed by atoms with van der Waals surface area (Å²) >= 11 is 0. The summed E-state index contributed by atoms with van der Waals surface area (Å²) in [5.74, 6) is -1.91. The summed E-state index contributed by atoms with van der Waals surface area (Å²) < 4.78 is 5.26. The van der Waals surface area contributed by atoms with Crippen LogP contribution >= 0.6 is 0 Å². The van der Waals surface area contributed by atoms with Crippen molar-refractivity contribution >= 4 is 35.9 Å². The largest absolute Gasteiger partial charge is 0.445 e. The number of nitrogens with two attached hydrogens (primary N) is 2. The normalized spacial score (nSPS) is 13.6. The first-order chi connectivity index (χ1) is 21.5. The van der Waals surface area contributed by atoms with Gasteiger partial charge in [-0.2, -0.15) is 0 Å². The summed E-state index contributed by atoms with van der Waals surface area (Å²) in [4.78, 5) is 55.4. The Morgan fingerprint density at radius 2 is 1.56 bits per heavy atom. The highest BCUT2D eigenvalue weighted by Gasteiger charge is 2.31. The standard InChI is InChI=1S/C32H45N7O6/c1-21(2)26(19-36-27(41)17-16-23-11-6-4-7-12-23)37-30(43)28(22(3)40)39-29(42)25(15-10-18-35-31(33)34)38-32(44)45-20-24-13-8-5-9-14-24/h4-9,11-14,16-17,21-22,25-26,28,40H,10,15,18-20H2,1-3H3,(H,36,41)(H,37,43)(H,38,44)(H,39,42)(H4,33,34,35)/b17-16+/t22?,25-,26+,28-/m0/s1. The first-order valence-corrected chi connectivity index (χ1v) is 14.8. The highest BCUT2D eigenvalue weighted by molar-refractivity contribution is 5.92. The van der Waals surface area contributed by atoms with Crippen LogP contribution in [0.1, 0.15) is 44.7 Å². The van der Waals surface area contributed by atoms with Crippen molar-refractivity contribution in [3.63, 3.8) is 0 Å². The number of aliphatic hydroxyl groups is 1. The fourth-order valence-electron chi connectivity index (χ4n) is 4.07. The molecule has 0 fully saturated rings. The minimum Gasteiger partial charge on any atom is -0.445 e. The third kappa shape index (κ3) is 14.4. The summed E-state index contributed by atoms with van der Waals surface area (Å²) in [7, 11) is 0. The van der Waals surface area contributed by atoms with Crippen LogP contribution in [-0.4, -0.2) is 72.2 Å². The number of aliphatic hydroxyl groups excluding tert-OH is 1. The molecule has 45 heavy (non-hydrogen) atoms. The Bertz CT molecular complexity index is 1280. The zero-order valence-electron chi connectivity index (χ0n) is 25.9. The van der Waals surface area contributed by atoms with E-state index in [0.29, 0.717) is 6.42 Å². The predicted molar refractivity (Wildman–Crippen MR) is 172 cm³/mol. The van der Waals surface area contributed by atoms with E-state index >= 15 is 0 Å². The molecule has 2 aromatic carbocycles. The Kier molecular flexibility index (Phi) is 15.6. The van der Waals surface area contributed by atoms with Gasteiger partial charge in [-0.25, -0.2) is 4.79 Å². The topological polar surface area (TPSA) is 210 Å². The van der Waals surface area contributed by atoms with E-state index in [4.69, 9.17) is 16.2 Å². The van der Waals surface area contributed by atoms with Crippen molar-refractivity contribution in [3.8, 4) is 0 Å². The molecule has 0 aliphatic rings. The number of rotatable bonds is 17. The molecule has 13 nitrogen and oxygen atoms in total. The average molecular weight is 624 g/mol. The molecule has 4 amide bonds. The molecule has 13 heteroatoms. The summed E-state index contributed by atoms with van der Waals surface area (Å²) in [6, 6.07) is 15.4. The van der Waals surface area contributed by atoms with Gasteiger partial charge in [0.25, 0.3) is 0 Å². The van der Waals surface area contributed by atoms with Crippen LogP contribution in [0, 0.1) is 5.92 Å². The lowest BCUT2D eigenvalue weighted by Crippen LogP contribution is -2.59. The molecule has 0 aliphatic carbocycles. The van der Waals surface area contributed by atoms with Gasteiger partial charge in [-0.1, -0.05) is 74.5 Å². The molecule has 2 rings (SSSR count). The number of ether oxygens (including phenoxy) is 1. The maximum Gasteiger partial charge on any atom is 0.408 e. The lowest BCUT2D eigenvalue weighted by Gasteiger charge is -2.28. The Morgan fingerprint density at radius 1 is 0.911 bits per heavy atom. The first-order valence-electron chi connectivity index (χ1n) is 14.8. The molecule has 0 saturated carbocycles. The number of nitrogens with zero attached hydrogens (tertiary/aromatic N) is 1. The van der Waals surface area contributed by atoms with Gasteiger partial charge in [0, 0.05) is 25.2 Å². The van der Waals surface area contributed by atoms with Gasteiger partial charge in [-0.3, -0.25) is 19.4 Å². The lowest BCUT2D eigenvalue weighted by molar-refractivity contribution is -0.133. The second-order valence-corrected chi connectivity index (χ2v) is 10.8. The molecule has 0 aromatic heterocycles. The molecule has 2 aromatic rings. The molecule has 9 N–H and O–H groups in total. The van der Waals surface area contributed by atoms with E-state index < -0.39 is 42.1 Å². The number of hydrogen-bond donors (Lipinski definition) is 7. The van der Waals surface area contributed by atoms with Gasteiger partial charge in [0.15, 0.2) is 5.96 Å². The fourth-order valence-corrected chi connectivity index (χ4v) is 4.07. The second kappa shape index (κ2) is 19.4. The highest BCUT2D eigenvalue weighted by atomic mass is 16.5. The number of carbonyl (C=O) groups excluding carboxylic acids is 4. The SMILES string of the molecule is CC(O)[C@H](NC(=O)[C@H](CCCN=C(N)N)NC(=O)OCc1ccccc1)C(=O)N[C@H](CNC(=O)/C=C/c1ccccc1)C(C)C. The molecular weight excluding hydrogens is 578 g/mol. The van der Waals surface area contributed by atoms with Crippen LogP contribution in [0.2, 0.25) is 0 Å². The Hall–Kier alpha value is -4.91. The minimum atomic E-state index is -1.35. The summed E-state index contributed by atoms with van der Waals surface area (Å²) in [5.41, 5.74) is 12.4. The zero-order valence-corrected chi connectivity index (χ0v) is 25.9. The Morgan fingerprint density at radius 3 is 2.16 bits per heavy atom. The van der Waals surface area contributed by atoms with Crippen LogP contribution in [0.5, 0.6) is 0 Å². The van der Waals surface area contributed by atoms with Gasteiger partial charge in [-0.05, 0) is 42.9 Å². The molecule has 1 unspecified atom stereocenters. The Balaban J connectivity index is 2.03. The molecule has 0 radical (unpaired) electrons. The van der Waals surface area contributed by atoms with Crippen molar-refractivity contribution in [1.82, 2.24) is 21.3 Å². The summed E-state index contributed by atoms with van der Waals surface area (Å²) in [5, 5.41) is 21.1. The van der Waals surface area contributed by atoms with Gasteiger partial charge in [0.2, 0.25) is 17.7 Å². The maximum absolute atomic E-state index is 13.3. The number of aliphatic imine (C=N–C) groups is 1. The zero-order chi connectivity index (χ0) is 33.2. The van der Waals surface area contributed by atoms with Crippen molar-refractivity contribution in [1.29, 1.82) is 0 Å². The molecule has 0 heterocycles. The van der Waals surface area contributed by atoms with Crippen LogP contribution in [-0.2, 0) is 25.7 Å². The lowest BCUT2D eigenvalue weighted by atomic mass is 10.0. The van der Waals surface area contributed by atoms with E-state index in [0.717, 1.165) is 11.1 Å². The van der Waals surface area contributed by atoms with Crippen LogP contribution < -0.4 is 32.7 Å². The number of alkyl carbamates (subject to hydrolysis) is 1. The van der Waals surface area contributed by atoms with Crippen LogP contribution in [0.4, 0.5) is 4.79 Å². The van der Waals surface area contributed by atoms with E-state index in [9.17, 15) is 24.3 Å². The van der Waals surface area contributed by atoms with Crippen molar-refractivity contribution in [3.05, 3.63) is 77.9 Å². The molecule has 0 saturated heterocycles. The number of hydrogen-bond acceptors (Lipinski definition) is 7. The third-order valence-corrected chi connectivity index (χ3v) is 6.68. The fraction of sp³-hybridized carbons (Fsp3) is 0.406. The number of benzene rings is 2. The maximum atomic E-state index is 13.3. The quantitative estimate of drug-likeness (QED) is 0.0587. The minimum absolute atomic E-state index is 0.0110. The summed E-state index contributed by atoms with van der Waals surface area (Å²) in [6.07, 6.45) is 1.41. The van der Waals surface area contributed by atoms with Crippen LogP contribution in [0.15, 0.2) is 71.7 Å². The number of guanidine groups is 1. The van der Waals surface area contributed by atoms with Crippen molar-refractivity contribution in [2.75, 3.05) is 13.1 Å². The molecule has 0 spiro atoms. The van der Waals surface area contributed by atoms with Crippen LogP contribution in [0.3, 0.4) is 0 Å². The second-order valence-electron chi connectivity index (χ2n) is 10.8. The smallest absolute Gasteiger partial charge is 0.408 e. The van der Waals surface area contributed by atoms with Gasteiger partial charge >= 0.3 is 6.09 Å². The van der Waals surface area contributed by atoms with E-state index in [2.05, 4.69) is 26.3 Å². The molecular formula is C32H45N7O6. The van der Waals surface area contributed by atoms with Crippen molar-refractivity contribution < 1.29 is 29.0 Å². The van der Waals surface area contributed by atoms with Gasteiger partial charge < -0.3 is 42.6 Å². The average Bonchev–Trinajstić information content (AvgIpc) is 3.01. The van der Waals surface area contributed by atoms with Gasteiger partial charge in [0.1, 0.15) is 18.7 Å². The molecule has 0 bridgehead atoms. The molecule has 0 aliphatic heterocycles. The first kappa shape index (κ1) is 36.3. The van der Waals surface area contributed by atoms with E-state index in [1.54, 1.807) is 30.3 Å². The van der Waals surface area contributed by atoms with Crippen molar-refractivity contribution in [2.45, 2.75) is 64.4 Å². The molecule has 244 valence electrons. The number of nitrogens with one attached hydrogen (secondary N) is 4. The van der Waals surface area contributed by atoms with E-state index in [1.165, 1.54) is 13.0 Å². The van der Waals surface area contributed by atoms with E-state index in [-0.39, 0.29) is 43.9 Å². The highest BCUT2D eigenvalue weighted by Crippen LogP contribution is 2.07. The van der Waals surface area contributed by atoms with Crippen molar-refractivity contribution in [2.24, 2.45) is 22.4 Å². The number of amides is 4. The predicted octanol–water partition coefficient (Wildman–Crippen LogP) is 1.17. The summed E-state index contributed by atoms with van der Waals surface area (Å²) in [6.45, 7) is 5.40. The van der Waals surface area contributed by atoms with Crippen LogP contribution in [0.25, 0.3) is 6.08 Å². The molecule has 4 atom stereocenters. The van der Waals surface area contributed by atoms with Gasteiger partial charge in [0.05, 0.1) is 6.10 Å². The monoisotopic (exact) mass is 623 g/mol. The Labute approximate surface area is 263 Å².